The second-order valence-corrected chi connectivity index (χ2v) is 11.1. The lowest BCUT2D eigenvalue weighted by Crippen LogP contribution is -2.51. The average molecular weight is 514 g/mol. The fourth-order valence-electron chi connectivity index (χ4n) is 5.21. The van der Waals surface area contributed by atoms with Gasteiger partial charge in [0.2, 0.25) is 0 Å². The van der Waals surface area contributed by atoms with Crippen LogP contribution in [0.5, 0.6) is 0 Å². The normalized spacial score (nSPS) is 20.5. The van der Waals surface area contributed by atoms with Gasteiger partial charge in [0.15, 0.2) is 0 Å². The van der Waals surface area contributed by atoms with Crippen molar-refractivity contribution in [2.45, 2.75) is 69.7 Å². The van der Waals surface area contributed by atoms with E-state index in [-0.39, 0.29) is 18.0 Å². The first-order valence-corrected chi connectivity index (χ1v) is 13.3. The predicted molar refractivity (Wildman–Crippen MR) is 145 cm³/mol. The van der Waals surface area contributed by atoms with Crippen LogP contribution in [-0.2, 0) is 10.3 Å². The molecule has 1 aromatic heterocycles. The zero-order valence-corrected chi connectivity index (χ0v) is 22.2. The molecule has 7 heteroatoms. The molecule has 7 nitrogen and oxygen atoms in total. The van der Waals surface area contributed by atoms with Crippen LogP contribution in [0.25, 0.3) is 11.3 Å². The van der Waals surface area contributed by atoms with Crippen LogP contribution in [-0.4, -0.2) is 45.2 Å². The number of cyclic esters (lactones) is 1. The number of nitrogens with zero attached hydrogens (tertiary/aromatic N) is 2. The van der Waals surface area contributed by atoms with Gasteiger partial charge in [0.25, 0.3) is 5.91 Å². The Balaban J connectivity index is 1.30. The molecule has 2 atom stereocenters. The Hall–Kier alpha value is -3.71. The highest BCUT2D eigenvalue weighted by molar-refractivity contribution is 5.93. The summed E-state index contributed by atoms with van der Waals surface area (Å²) in [4.78, 5) is 32.0. The van der Waals surface area contributed by atoms with E-state index in [0.29, 0.717) is 25.1 Å². The Labute approximate surface area is 223 Å². The van der Waals surface area contributed by atoms with E-state index in [1.807, 2.05) is 73.7 Å². The Morgan fingerprint density at radius 2 is 1.82 bits per heavy atom. The molecule has 2 amide bonds. The number of aromatic nitrogens is 1. The zero-order chi connectivity index (χ0) is 26.9. The fourth-order valence-corrected chi connectivity index (χ4v) is 5.21. The molecule has 2 aromatic carbocycles. The molecule has 0 spiro atoms. The van der Waals surface area contributed by atoms with E-state index < -0.39 is 17.3 Å². The van der Waals surface area contributed by atoms with Gasteiger partial charge in [-0.25, -0.2) is 9.78 Å². The lowest BCUT2D eigenvalue weighted by Gasteiger charge is -2.45. The number of aliphatic hydroxyl groups is 1. The quantitative estimate of drug-likeness (QED) is 0.409. The van der Waals surface area contributed by atoms with Crippen LogP contribution in [0, 0.1) is 0 Å². The van der Waals surface area contributed by atoms with Crippen molar-refractivity contribution < 1.29 is 19.4 Å². The third kappa shape index (κ3) is 5.73. The number of nitrogens with one attached hydrogen (secondary N) is 1. The molecule has 0 radical (unpaired) electrons. The van der Waals surface area contributed by atoms with Gasteiger partial charge in [0, 0.05) is 31.0 Å². The number of carbonyl (C=O) groups excluding carboxylic acids is 2. The molecule has 2 fully saturated rings. The van der Waals surface area contributed by atoms with Crippen LogP contribution in [0.3, 0.4) is 0 Å². The molecular formula is C31H35N3O4. The minimum absolute atomic E-state index is 0.139. The van der Waals surface area contributed by atoms with E-state index in [1.165, 1.54) is 0 Å². The van der Waals surface area contributed by atoms with E-state index in [1.54, 1.807) is 24.8 Å². The standard InChI is InChI=1S/C31H35N3O4/c1-21(34-19-18-31(38-29(34)36,20-30(2,3)37)24-8-5-4-6-9-24)22-12-14-23(15-13-22)26-10-7-11-27(33-26)28(35)32-25-16-17-25/h4-15,21,25,37H,16-20H2,1-3H3,(H,32,35)/t21-,31-/m0/s1. The van der Waals surface area contributed by atoms with Gasteiger partial charge >= 0.3 is 6.09 Å². The van der Waals surface area contributed by atoms with Crippen molar-refractivity contribution in [3.05, 3.63) is 89.6 Å². The molecule has 38 heavy (non-hydrogen) atoms. The number of hydrogen-bond donors (Lipinski definition) is 2. The van der Waals surface area contributed by atoms with Gasteiger partial charge in [-0.3, -0.25) is 4.79 Å². The highest BCUT2D eigenvalue weighted by Gasteiger charge is 2.46. The Bertz CT molecular complexity index is 1300. The number of pyridine rings is 1. The summed E-state index contributed by atoms with van der Waals surface area (Å²) in [6.07, 6.45) is 2.56. The maximum atomic E-state index is 13.3. The van der Waals surface area contributed by atoms with E-state index >= 15 is 0 Å². The van der Waals surface area contributed by atoms with E-state index in [9.17, 15) is 14.7 Å². The number of rotatable bonds is 8. The summed E-state index contributed by atoms with van der Waals surface area (Å²) in [5.41, 5.74) is 2.04. The summed E-state index contributed by atoms with van der Waals surface area (Å²) in [7, 11) is 0. The summed E-state index contributed by atoms with van der Waals surface area (Å²) >= 11 is 0. The van der Waals surface area contributed by atoms with Gasteiger partial charge in [-0.2, -0.15) is 0 Å². The summed E-state index contributed by atoms with van der Waals surface area (Å²) < 4.78 is 6.13. The smallest absolute Gasteiger partial charge is 0.411 e. The summed E-state index contributed by atoms with van der Waals surface area (Å²) in [6.45, 7) is 5.98. The lowest BCUT2D eigenvalue weighted by molar-refractivity contribution is -0.101. The van der Waals surface area contributed by atoms with Gasteiger partial charge in [-0.15, -0.1) is 0 Å². The number of carbonyl (C=O) groups is 2. The molecular weight excluding hydrogens is 478 g/mol. The molecule has 3 aromatic rings. The maximum Gasteiger partial charge on any atom is 0.411 e. The Morgan fingerprint density at radius 3 is 2.45 bits per heavy atom. The van der Waals surface area contributed by atoms with Crippen LogP contribution in [0.2, 0.25) is 0 Å². The SMILES string of the molecule is C[C@@H](c1ccc(-c2cccc(C(=O)NC3CC3)n2)cc1)N1CC[C@](CC(C)(C)O)(c2ccccc2)OC1=O. The highest BCUT2D eigenvalue weighted by atomic mass is 16.6. The fraction of sp³-hybridized carbons (Fsp3) is 0.387. The maximum absolute atomic E-state index is 13.3. The Kier molecular flexibility index (Phi) is 6.97. The van der Waals surface area contributed by atoms with E-state index in [2.05, 4.69) is 10.3 Å². The van der Waals surface area contributed by atoms with Gasteiger partial charge in [-0.05, 0) is 56.9 Å². The molecule has 1 aliphatic heterocycles. The lowest BCUT2D eigenvalue weighted by atomic mass is 9.80. The van der Waals surface area contributed by atoms with Crippen LogP contribution >= 0.6 is 0 Å². The summed E-state index contributed by atoms with van der Waals surface area (Å²) in [5.74, 6) is -0.139. The molecule has 2 N–H and O–H groups in total. The number of hydrogen-bond acceptors (Lipinski definition) is 5. The van der Waals surface area contributed by atoms with Crippen molar-refractivity contribution in [2.24, 2.45) is 0 Å². The Morgan fingerprint density at radius 1 is 1.11 bits per heavy atom. The molecule has 5 rings (SSSR count). The first-order valence-electron chi connectivity index (χ1n) is 13.3. The van der Waals surface area contributed by atoms with Crippen molar-refractivity contribution >= 4 is 12.0 Å². The topological polar surface area (TPSA) is 91.8 Å². The molecule has 0 unspecified atom stereocenters. The van der Waals surface area contributed by atoms with E-state index in [4.69, 9.17) is 4.74 Å². The average Bonchev–Trinajstić information content (AvgIpc) is 3.72. The van der Waals surface area contributed by atoms with Crippen molar-refractivity contribution in [2.75, 3.05) is 6.54 Å². The first kappa shape index (κ1) is 25.9. The molecule has 2 aliphatic rings. The van der Waals surface area contributed by atoms with Crippen molar-refractivity contribution in [3.8, 4) is 11.3 Å². The zero-order valence-electron chi connectivity index (χ0n) is 22.2. The van der Waals surface area contributed by atoms with Gasteiger partial charge in [-0.1, -0.05) is 60.7 Å². The van der Waals surface area contributed by atoms with Crippen molar-refractivity contribution in [1.82, 2.24) is 15.2 Å². The third-order valence-corrected chi connectivity index (χ3v) is 7.34. The van der Waals surface area contributed by atoms with Crippen molar-refractivity contribution in [3.63, 3.8) is 0 Å². The number of ether oxygens (including phenoxy) is 1. The molecule has 1 saturated heterocycles. The third-order valence-electron chi connectivity index (χ3n) is 7.34. The minimum Gasteiger partial charge on any atom is -0.438 e. The van der Waals surface area contributed by atoms with Crippen LogP contribution in [0.1, 0.15) is 74.1 Å². The molecule has 0 bridgehead atoms. The molecule has 198 valence electrons. The molecule has 1 aliphatic carbocycles. The minimum atomic E-state index is -0.996. The second kappa shape index (κ2) is 10.2. The van der Waals surface area contributed by atoms with Gasteiger partial charge in [0.05, 0.1) is 17.3 Å². The van der Waals surface area contributed by atoms with Crippen molar-refractivity contribution in [1.29, 1.82) is 0 Å². The van der Waals surface area contributed by atoms with E-state index in [0.717, 1.165) is 35.2 Å². The van der Waals surface area contributed by atoms with Crippen LogP contribution in [0.15, 0.2) is 72.8 Å². The molecule has 2 heterocycles. The summed E-state index contributed by atoms with van der Waals surface area (Å²) in [6, 6.07) is 23.1. The first-order chi connectivity index (χ1) is 18.1. The number of amides is 2. The van der Waals surface area contributed by atoms with Crippen LogP contribution in [0.4, 0.5) is 4.79 Å². The monoisotopic (exact) mass is 513 g/mol. The van der Waals surface area contributed by atoms with Crippen LogP contribution < -0.4 is 5.32 Å². The highest BCUT2D eigenvalue weighted by Crippen LogP contribution is 2.42. The summed E-state index contributed by atoms with van der Waals surface area (Å²) in [5, 5.41) is 13.6. The van der Waals surface area contributed by atoms with Gasteiger partial charge < -0.3 is 20.1 Å². The predicted octanol–water partition coefficient (Wildman–Crippen LogP) is 5.60. The molecule has 1 saturated carbocycles. The van der Waals surface area contributed by atoms with Gasteiger partial charge in [0.1, 0.15) is 11.3 Å². The largest absolute Gasteiger partial charge is 0.438 e. The number of benzene rings is 2. The second-order valence-electron chi connectivity index (χ2n) is 11.1.